The van der Waals surface area contributed by atoms with Crippen molar-refractivity contribution >= 4 is 0 Å². The highest BCUT2D eigenvalue weighted by Gasteiger charge is 2.20. The maximum absolute atomic E-state index is 5.56. The third-order valence-electron chi connectivity index (χ3n) is 2.93. The zero-order valence-electron chi connectivity index (χ0n) is 11.9. The van der Waals surface area contributed by atoms with Crippen LogP contribution in [0, 0.1) is 0 Å². The van der Waals surface area contributed by atoms with Crippen LogP contribution in [0.25, 0.3) is 5.69 Å². The largest absolute Gasteiger partial charge is 0.481 e. The van der Waals surface area contributed by atoms with Crippen LogP contribution in [-0.4, -0.2) is 33.7 Å². The number of ether oxygens (including phenoxy) is 2. The Morgan fingerprint density at radius 1 is 1.26 bits per heavy atom. The van der Waals surface area contributed by atoms with Gasteiger partial charge in [-0.3, -0.25) is 5.10 Å². The fourth-order valence-corrected chi connectivity index (χ4v) is 1.94. The monoisotopic (exact) mass is 264 g/mol. The third-order valence-corrected chi connectivity index (χ3v) is 2.93. The van der Waals surface area contributed by atoms with Crippen molar-refractivity contribution in [1.82, 2.24) is 20.0 Å². The molecule has 0 aromatic carbocycles. The molecule has 2 heterocycles. The van der Waals surface area contributed by atoms with Gasteiger partial charge in [-0.05, 0) is 19.8 Å². The molecule has 2 rings (SSSR count). The van der Waals surface area contributed by atoms with Gasteiger partial charge in [-0.1, -0.05) is 13.8 Å². The van der Waals surface area contributed by atoms with Gasteiger partial charge in [0.2, 0.25) is 5.88 Å². The highest BCUT2D eigenvalue weighted by molar-refractivity contribution is 5.48. The lowest BCUT2D eigenvalue weighted by molar-refractivity contribution is 0.322. The van der Waals surface area contributed by atoms with Gasteiger partial charge in [0, 0.05) is 6.07 Å². The topological polar surface area (TPSA) is 65.0 Å². The van der Waals surface area contributed by atoms with E-state index in [9.17, 15) is 0 Å². The smallest absolute Gasteiger partial charge is 0.259 e. The van der Waals surface area contributed by atoms with E-state index < -0.39 is 0 Å². The van der Waals surface area contributed by atoms with E-state index in [0.717, 1.165) is 29.9 Å². The number of aromatic amines is 1. The second kappa shape index (κ2) is 5.77. The van der Waals surface area contributed by atoms with E-state index in [0.29, 0.717) is 18.4 Å². The number of hydrogen-bond donors (Lipinski definition) is 1. The van der Waals surface area contributed by atoms with E-state index in [1.807, 2.05) is 13.0 Å². The van der Waals surface area contributed by atoms with Gasteiger partial charge in [-0.2, -0.15) is 9.78 Å². The lowest BCUT2D eigenvalue weighted by Gasteiger charge is -2.08. The molecule has 1 N–H and O–H groups in total. The summed E-state index contributed by atoms with van der Waals surface area (Å²) < 4.78 is 12.7. The molecule has 0 fully saturated rings. The van der Waals surface area contributed by atoms with Crippen LogP contribution in [-0.2, 0) is 12.8 Å². The van der Waals surface area contributed by atoms with Crippen molar-refractivity contribution in [3.8, 4) is 17.4 Å². The molecule has 19 heavy (non-hydrogen) atoms. The number of aryl methyl sites for hydroxylation is 2. The minimum absolute atomic E-state index is 0.559. The second-order valence-corrected chi connectivity index (χ2v) is 4.09. The van der Waals surface area contributed by atoms with Gasteiger partial charge in [0.05, 0.1) is 25.1 Å². The van der Waals surface area contributed by atoms with E-state index in [1.165, 1.54) is 0 Å². The molecule has 2 aromatic rings. The molecular weight excluding hydrogens is 244 g/mol. The molecule has 0 bridgehead atoms. The fraction of sp³-hybridized carbons (Fsp3) is 0.538. The van der Waals surface area contributed by atoms with Crippen LogP contribution in [0.3, 0.4) is 0 Å². The lowest BCUT2D eigenvalue weighted by atomic mass is 10.3. The number of methoxy groups -OCH3 is 1. The normalized spacial score (nSPS) is 10.7. The van der Waals surface area contributed by atoms with E-state index in [1.54, 1.807) is 11.8 Å². The summed E-state index contributed by atoms with van der Waals surface area (Å²) in [6, 6.07) is 1.93. The summed E-state index contributed by atoms with van der Waals surface area (Å²) in [6.07, 6.45) is 1.67. The molecule has 6 nitrogen and oxygen atoms in total. The average Bonchev–Trinajstić information content (AvgIpc) is 3.01. The molecule has 0 saturated carbocycles. The summed E-state index contributed by atoms with van der Waals surface area (Å²) in [4.78, 5) is 0. The summed E-state index contributed by atoms with van der Waals surface area (Å²) in [6.45, 7) is 6.61. The summed E-state index contributed by atoms with van der Waals surface area (Å²) in [5.41, 5.74) is 2.79. The highest BCUT2D eigenvalue weighted by Crippen LogP contribution is 2.29. The minimum Gasteiger partial charge on any atom is -0.481 e. The van der Waals surface area contributed by atoms with Gasteiger partial charge < -0.3 is 9.47 Å². The van der Waals surface area contributed by atoms with Crippen molar-refractivity contribution in [3.05, 3.63) is 17.5 Å². The predicted molar refractivity (Wildman–Crippen MR) is 72.2 cm³/mol. The molecule has 0 unspecified atom stereocenters. The molecule has 6 heteroatoms. The van der Waals surface area contributed by atoms with Gasteiger partial charge in [0.25, 0.3) is 5.88 Å². The van der Waals surface area contributed by atoms with Crippen molar-refractivity contribution in [1.29, 1.82) is 0 Å². The van der Waals surface area contributed by atoms with Crippen molar-refractivity contribution in [2.24, 2.45) is 0 Å². The Balaban J connectivity index is 2.55. The number of nitrogens with zero attached hydrogens (tertiary/aromatic N) is 3. The van der Waals surface area contributed by atoms with Gasteiger partial charge in [-0.25, -0.2) is 0 Å². The fourth-order valence-electron chi connectivity index (χ4n) is 1.94. The first-order valence-corrected chi connectivity index (χ1v) is 6.58. The average molecular weight is 264 g/mol. The minimum atomic E-state index is 0.559. The molecule has 2 aromatic heterocycles. The van der Waals surface area contributed by atoms with Crippen molar-refractivity contribution in [3.63, 3.8) is 0 Å². The lowest BCUT2D eigenvalue weighted by Crippen LogP contribution is -2.05. The zero-order valence-corrected chi connectivity index (χ0v) is 11.9. The second-order valence-electron chi connectivity index (χ2n) is 4.09. The number of hydrogen-bond acceptors (Lipinski definition) is 4. The van der Waals surface area contributed by atoms with Crippen LogP contribution in [0.4, 0.5) is 0 Å². The number of H-pyrrole nitrogens is 1. The third kappa shape index (κ3) is 2.43. The summed E-state index contributed by atoms with van der Waals surface area (Å²) in [7, 11) is 1.64. The molecule has 104 valence electrons. The Morgan fingerprint density at radius 3 is 2.63 bits per heavy atom. The summed E-state index contributed by atoms with van der Waals surface area (Å²) in [5, 5.41) is 11.7. The van der Waals surface area contributed by atoms with Crippen molar-refractivity contribution in [2.45, 2.75) is 33.6 Å². The standard InChI is InChI=1S/C13H20N4O2/c1-5-9-8-11(18-4)17(16-9)12-10(6-2)14-15-13(12)19-7-3/h8H,5-7H2,1-4H3,(H,14,15). The first-order valence-electron chi connectivity index (χ1n) is 6.58. The number of aromatic nitrogens is 4. The van der Waals surface area contributed by atoms with E-state index in [-0.39, 0.29) is 0 Å². The van der Waals surface area contributed by atoms with Crippen LogP contribution < -0.4 is 9.47 Å². The molecule has 0 radical (unpaired) electrons. The Bertz CT molecular complexity index is 545. The maximum Gasteiger partial charge on any atom is 0.259 e. The first kappa shape index (κ1) is 13.5. The van der Waals surface area contributed by atoms with Crippen LogP contribution in [0.15, 0.2) is 6.07 Å². The Labute approximate surface area is 112 Å². The van der Waals surface area contributed by atoms with Gasteiger partial charge >= 0.3 is 0 Å². The van der Waals surface area contributed by atoms with E-state index >= 15 is 0 Å². The van der Waals surface area contributed by atoms with Crippen molar-refractivity contribution in [2.75, 3.05) is 13.7 Å². The van der Waals surface area contributed by atoms with E-state index in [2.05, 4.69) is 29.1 Å². The molecule has 0 aliphatic heterocycles. The van der Waals surface area contributed by atoms with Gasteiger partial charge in [0.15, 0.2) is 5.69 Å². The van der Waals surface area contributed by atoms with Crippen LogP contribution in [0.5, 0.6) is 11.8 Å². The van der Waals surface area contributed by atoms with Crippen molar-refractivity contribution < 1.29 is 9.47 Å². The number of nitrogens with one attached hydrogen (secondary N) is 1. The molecule has 0 aliphatic carbocycles. The Morgan fingerprint density at radius 2 is 2.05 bits per heavy atom. The van der Waals surface area contributed by atoms with E-state index in [4.69, 9.17) is 9.47 Å². The van der Waals surface area contributed by atoms with Crippen LogP contribution in [0.2, 0.25) is 0 Å². The zero-order chi connectivity index (χ0) is 13.8. The Kier molecular flexibility index (Phi) is 4.09. The molecule has 0 aliphatic rings. The molecule has 0 saturated heterocycles. The molecule has 0 amide bonds. The molecule has 0 spiro atoms. The SMILES string of the molecule is CCOc1n[nH]c(CC)c1-n1nc(CC)cc1OC. The first-order chi connectivity index (χ1) is 9.24. The maximum atomic E-state index is 5.56. The molecule has 0 atom stereocenters. The quantitative estimate of drug-likeness (QED) is 0.868. The highest BCUT2D eigenvalue weighted by atomic mass is 16.5. The summed E-state index contributed by atoms with van der Waals surface area (Å²) in [5.74, 6) is 1.25. The van der Waals surface area contributed by atoms with Gasteiger partial charge in [-0.15, -0.1) is 5.10 Å². The van der Waals surface area contributed by atoms with Crippen LogP contribution in [0.1, 0.15) is 32.2 Å². The predicted octanol–water partition coefficient (Wildman–Crippen LogP) is 2.13. The Hall–Kier alpha value is -1.98. The van der Waals surface area contributed by atoms with Gasteiger partial charge in [0.1, 0.15) is 0 Å². The molecular formula is C13H20N4O2. The number of rotatable bonds is 6. The van der Waals surface area contributed by atoms with Crippen LogP contribution >= 0.6 is 0 Å². The summed E-state index contributed by atoms with van der Waals surface area (Å²) >= 11 is 0.